The van der Waals surface area contributed by atoms with Crippen LogP contribution in [0.4, 0.5) is 4.79 Å². The average molecular weight is 507 g/mol. The van der Waals surface area contributed by atoms with Gasteiger partial charge in [0.1, 0.15) is 6.54 Å². The van der Waals surface area contributed by atoms with Crippen molar-refractivity contribution in [2.75, 3.05) is 34.1 Å². The van der Waals surface area contributed by atoms with Crippen LogP contribution in [-0.4, -0.2) is 66.9 Å². The van der Waals surface area contributed by atoms with Gasteiger partial charge in [-0.1, -0.05) is 18.2 Å². The van der Waals surface area contributed by atoms with Crippen LogP contribution in [0.2, 0.25) is 0 Å². The number of aromatic amines is 1. The van der Waals surface area contributed by atoms with Gasteiger partial charge in [-0.2, -0.15) is 0 Å². The molecule has 2 amide bonds. The fourth-order valence-electron chi connectivity index (χ4n) is 4.30. The molecule has 11 nitrogen and oxygen atoms in total. The topological polar surface area (TPSA) is 120 Å². The van der Waals surface area contributed by atoms with Gasteiger partial charge in [-0.3, -0.25) is 9.69 Å². The standard InChI is InChI=1S/C26H25N3O8/c1-4-34-26(32)28(2)13-21(30)29-22(25(31)33-3)23(17-12-27-18-8-6-5-7-16(17)18)37-24(29)15-9-10-19-20(11-15)36-14-35-19/h5-12,24,27H,4,13-14H2,1-3H3. The number of carbonyl (C=O) groups is 3. The molecular weight excluding hydrogens is 482 g/mol. The molecule has 2 aliphatic heterocycles. The third kappa shape index (κ3) is 4.28. The Labute approximate surface area is 212 Å². The number of nitrogens with zero attached hydrogens (tertiary/aromatic N) is 2. The summed E-state index contributed by atoms with van der Waals surface area (Å²) in [5.41, 5.74) is 1.85. The molecular formula is C26H25N3O8. The van der Waals surface area contributed by atoms with Gasteiger partial charge in [0.2, 0.25) is 18.9 Å². The number of benzene rings is 2. The van der Waals surface area contributed by atoms with E-state index in [0.29, 0.717) is 22.6 Å². The number of nitrogens with one attached hydrogen (secondary N) is 1. The van der Waals surface area contributed by atoms with Crippen molar-refractivity contribution in [2.45, 2.75) is 13.2 Å². The first kappa shape index (κ1) is 24.0. The van der Waals surface area contributed by atoms with Gasteiger partial charge in [0.15, 0.2) is 23.0 Å². The summed E-state index contributed by atoms with van der Waals surface area (Å²) < 4.78 is 27.3. The van der Waals surface area contributed by atoms with E-state index in [9.17, 15) is 14.4 Å². The number of fused-ring (bicyclic) bond motifs is 2. The summed E-state index contributed by atoms with van der Waals surface area (Å²) in [6.07, 6.45) is -0.00959. The molecule has 192 valence electrons. The van der Waals surface area contributed by atoms with E-state index < -0.39 is 24.2 Å². The van der Waals surface area contributed by atoms with Crippen LogP contribution in [0.3, 0.4) is 0 Å². The zero-order valence-corrected chi connectivity index (χ0v) is 20.5. The van der Waals surface area contributed by atoms with E-state index in [0.717, 1.165) is 15.8 Å². The van der Waals surface area contributed by atoms with Crippen molar-refractivity contribution in [3.63, 3.8) is 0 Å². The summed E-state index contributed by atoms with van der Waals surface area (Å²) in [6, 6.07) is 12.6. The molecule has 3 aromatic rings. The molecule has 2 aliphatic rings. The molecule has 3 heterocycles. The van der Waals surface area contributed by atoms with Crippen LogP contribution in [0, 0.1) is 0 Å². The number of hydrogen-bond acceptors (Lipinski definition) is 8. The molecule has 0 saturated heterocycles. The third-order valence-corrected chi connectivity index (χ3v) is 6.03. The second-order valence-corrected chi connectivity index (χ2v) is 8.32. The van der Waals surface area contributed by atoms with E-state index in [2.05, 4.69) is 4.98 Å². The minimum atomic E-state index is -1.05. The van der Waals surface area contributed by atoms with Crippen molar-refractivity contribution in [1.82, 2.24) is 14.8 Å². The molecule has 0 saturated carbocycles. The van der Waals surface area contributed by atoms with Gasteiger partial charge in [0, 0.05) is 35.3 Å². The van der Waals surface area contributed by atoms with E-state index in [4.69, 9.17) is 23.7 Å². The first-order valence-corrected chi connectivity index (χ1v) is 11.6. The highest BCUT2D eigenvalue weighted by molar-refractivity contribution is 6.05. The minimum Gasteiger partial charge on any atom is -0.464 e. The first-order valence-electron chi connectivity index (χ1n) is 11.6. The average Bonchev–Trinajstić information content (AvgIpc) is 3.64. The monoisotopic (exact) mass is 507 g/mol. The smallest absolute Gasteiger partial charge is 0.409 e. The van der Waals surface area contributed by atoms with Crippen molar-refractivity contribution in [1.29, 1.82) is 0 Å². The van der Waals surface area contributed by atoms with Crippen LogP contribution in [0.5, 0.6) is 11.5 Å². The molecule has 1 N–H and O–H groups in total. The van der Waals surface area contributed by atoms with E-state index in [1.54, 1.807) is 31.3 Å². The van der Waals surface area contributed by atoms with Crippen molar-refractivity contribution >= 4 is 34.6 Å². The van der Waals surface area contributed by atoms with Crippen LogP contribution in [-0.2, 0) is 23.8 Å². The number of para-hydroxylation sites is 1. The van der Waals surface area contributed by atoms with Crippen LogP contribution in [0.25, 0.3) is 16.7 Å². The van der Waals surface area contributed by atoms with Crippen LogP contribution in [0.15, 0.2) is 54.4 Å². The predicted octanol–water partition coefficient (Wildman–Crippen LogP) is 3.38. The Morgan fingerprint density at radius 3 is 2.70 bits per heavy atom. The molecule has 0 bridgehead atoms. The fraction of sp³-hybridized carbons (Fsp3) is 0.269. The largest absolute Gasteiger partial charge is 0.464 e. The molecule has 1 atom stereocenters. The summed E-state index contributed by atoms with van der Waals surface area (Å²) in [5.74, 6) is -0.139. The number of amides is 2. The number of methoxy groups -OCH3 is 1. The van der Waals surface area contributed by atoms with E-state index >= 15 is 0 Å². The quantitative estimate of drug-likeness (QED) is 0.505. The highest BCUT2D eigenvalue weighted by atomic mass is 16.7. The molecule has 0 radical (unpaired) electrons. The van der Waals surface area contributed by atoms with Gasteiger partial charge in [-0.15, -0.1) is 0 Å². The number of carbonyl (C=O) groups excluding carboxylic acids is 3. The maximum absolute atomic E-state index is 13.7. The molecule has 0 spiro atoms. The second-order valence-electron chi connectivity index (χ2n) is 8.32. The van der Waals surface area contributed by atoms with Crippen LogP contribution < -0.4 is 9.47 Å². The number of ether oxygens (including phenoxy) is 5. The Bertz CT molecular complexity index is 1410. The predicted molar refractivity (Wildman–Crippen MR) is 130 cm³/mol. The summed E-state index contributed by atoms with van der Waals surface area (Å²) in [5, 5.41) is 0.793. The Morgan fingerprint density at radius 2 is 1.92 bits per heavy atom. The molecule has 1 aromatic heterocycles. The molecule has 0 aliphatic carbocycles. The van der Waals surface area contributed by atoms with E-state index in [1.807, 2.05) is 24.3 Å². The van der Waals surface area contributed by atoms with Crippen LogP contribution >= 0.6 is 0 Å². The first-order chi connectivity index (χ1) is 17.9. The van der Waals surface area contributed by atoms with Crippen molar-refractivity contribution in [2.24, 2.45) is 0 Å². The lowest BCUT2D eigenvalue weighted by Gasteiger charge is -2.27. The third-order valence-electron chi connectivity index (χ3n) is 6.03. The van der Waals surface area contributed by atoms with Gasteiger partial charge in [-0.05, 0) is 31.2 Å². The summed E-state index contributed by atoms with van der Waals surface area (Å²) in [4.78, 5) is 44.5. The summed E-state index contributed by atoms with van der Waals surface area (Å²) in [7, 11) is 2.66. The Morgan fingerprint density at radius 1 is 1.14 bits per heavy atom. The number of likely N-dealkylation sites (N-methyl/N-ethyl adjacent to an activating group) is 1. The zero-order valence-electron chi connectivity index (χ0n) is 20.5. The fourth-order valence-corrected chi connectivity index (χ4v) is 4.30. The highest BCUT2D eigenvalue weighted by Gasteiger charge is 2.44. The number of esters is 1. The number of aromatic nitrogens is 1. The van der Waals surface area contributed by atoms with Gasteiger partial charge in [0.25, 0.3) is 0 Å². The van der Waals surface area contributed by atoms with Crippen molar-refractivity contribution in [3.05, 3.63) is 65.5 Å². The van der Waals surface area contributed by atoms with Gasteiger partial charge >= 0.3 is 12.1 Å². The number of hydrogen-bond donors (Lipinski definition) is 1. The normalized spacial score (nSPS) is 16.1. The molecule has 1 unspecified atom stereocenters. The lowest BCUT2D eigenvalue weighted by Crippen LogP contribution is -2.42. The lowest BCUT2D eigenvalue weighted by molar-refractivity contribution is -0.145. The van der Waals surface area contributed by atoms with E-state index in [1.165, 1.54) is 19.1 Å². The SMILES string of the molecule is CCOC(=O)N(C)CC(=O)N1C(C(=O)OC)=C(c2c[nH]c3ccccc23)OC1c1ccc2c(c1)OCO2. The lowest BCUT2D eigenvalue weighted by atomic mass is 10.1. The van der Waals surface area contributed by atoms with E-state index in [-0.39, 0.29) is 31.4 Å². The maximum Gasteiger partial charge on any atom is 0.409 e. The van der Waals surface area contributed by atoms with Gasteiger partial charge in [-0.25, -0.2) is 9.59 Å². The molecule has 5 rings (SSSR count). The minimum absolute atomic E-state index is 0.0730. The van der Waals surface area contributed by atoms with Crippen molar-refractivity contribution in [3.8, 4) is 11.5 Å². The Balaban J connectivity index is 1.62. The van der Waals surface area contributed by atoms with Crippen LogP contribution in [0.1, 0.15) is 24.3 Å². The zero-order chi connectivity index (χ0) is 26.1. The molecule has 37 heavy (non-hydrogen) atoms. The Kier molecular flexibility index (Phi) is 6.34. The van der Waals surface area contributed by atoms with Gasteiger partial charge < -0.3 is 33.6 Å². The molecule has 11 heteroatoms. The molecule has 2 aromatic carbocycles. The van der Waals surface area contributed by atoms with Gasteiger partial charge in [0.05, 0.1) is 13.7 Å². The Hall–Kier alpha value is -4.67. The number of rotatable bonds is 6. The number of H-pyrrole nitrogens is 1. The highest BCUT2D eigenvalue weighted by Crippen LogP contribution is 2.45. The summed E-state index contributed by atoms with van der Waals surface area (Å²) in [6.45, 7) is 1.53. The second kappa shape index (κ2) is 9.76. The molecule has 0 fully saturated rings. The summed E-state index contributed by atoms with van der Waals surface area (Å²) >= 11 is 0. The van der Waals surface area contributed by atoms with Crippen molar-refractivity contribution < 1.29 is 38.1 Å². The maximum atomic E-state index is 13.7.